The Hall–Kier alpha value is -1.61. The van der Waals surface area contributed by atoms with Gasteiger partial charge in [0.1, 0.15) is 0 Å². The number of fused-ring (bicyclic) bond motifs is 1. The zero-order valence-corrected chi connectivity index (χ0v) is 14.3. The van der Waals surface area contributed by atoms with Crippen LogP contribution in [0.2, 0.25) is 0 Å². The van der Waals surface area contributed by atoms with E-state index in [0.717, 1.165) is 10.7 Å². The van der Waals surface area contributed by atoms with E-state index in [1.807, 2.05) is 6.07 Å². The number of unbranched alkanes of at least 4 members (excludes halogenated alkanes) is 3. The zero-order chi connectivity index (χ0) is 15.4. The summed E-state index contributed by atoms with van der Waals surface area (Å²) in [6.45, 7) is 4.61. The van der Waals surface area contributed by atoms with Gasteiger partial charge in [-0.1, -0.05) is 69.9 Å². The number of nitrogens with zero attached hydrogens (tertiary/aromatic N) is 2. The van der Waals surface area contributed by atoms with Gasteiger partial charge < -0.3 is 0 Å². The number of hydrogen-bond donors (Lipinski definition) is 0. The molecule has 0 bridgehead atoms. The summed E-state index contributed by atoms with van der Waals surface area (Å²) in [5, 5.41) is 2.28. The summed E-state index contributed by atoms with van der Waals surface area (Å²) in [4.78, 5) is 5.88. The van der Waals surface area contributed by atoms with E-state index in [2.05, 4.69) is 54.1 Å². The average molecular weight is 312 g/mol. The Kier molecular flexibility index (Phi) is 4.94. The number of benzene rings is 1. The molecule has 2 aromatic heterocycles. The highest BCUT2D eigenvalue weighted by molar-refractivity contribution is 7.15. The van der Waals surface area contributed by atoms with E-state index in [1.54, 1.807) is 11.3 Å². The molecule has 0 saturated heterocycles. The van der Waals surface area contributed by atoms with Crippen molar-refractivity contribution in [3.63, 3.8) is 0 Å². The summed E-state index contributed by atoms with van der Waals surface area (Å²) in [6, 6.07) is 10.4. The van der Waals surface area contributed by atoms with Crippen molar-refractivity contribution in [1.82, 2.24) is 9.38 Å². The topological polar surface area (TPSA) is 17.3 Å². The molecule has 0 aliphatic rings. The second-order valence-corrected chi connectivity index (χ2v) is 6.89. The van der Waals surface area contributed by atoms with Gasteiger partial charge in [0.25, 0.3) is 0 Å². The molecule has 1 unspecified atom stereocenters. The quantitative estimate of drug-likeness (QED) is 0.479. The molecule has 0 N–H and O–H groups in total. The summed E-state index contributed by atoms with van der Waals surface area (Å²) < 4.78 is 2.29. The summed E-state index contributed by atoms with van der Waals surface area (Å²) >= 11 is 1.75. The Morgan fingerprint density at radius 2 is 1.95 bits per heavy atom. The van der Waals surface area contributed by atoms with Crippen molar-refractivity contribution in [3.8, 4) is 11.3 Å². The molecule has 3 rings (SSSR count). The molecule has 2 nitrogen and oxygen atoms in total. The fourth-order valence-electron chi connectivity index (χ4n) is 2.93. The second kappa shape index (κ2) is 7.10. The minimum atomic E-state index is 0.600. The first-order valence-corrected chi connectivity index (χ1v) is 9.19. The van der Waals surface area contributed by atoms with Crippen molar-refractivity contribution < 1.29 is 0 Å². The van der Waals surface area contributed by atoms with Crippen molar-refractivity contribution >= 4 is 16.3 Å². The normalized spacial score (nSPS) is 12.8. The molecular weight excluding hydrogens is 288 g/mol. The Bertz CT molecular complexity index is 711. The van der Waals surface area contributed by atoms with Gasteiger partial charge in [-0.15, -0.1) is 11.3 Å². The van der Waals surface area contributed by atoms with Crippen molar-refractivity contribution in [1.29, 1.82) is 0 Å². The molecule has 0 radical (unpaired) electrons. The minimum Gasteiger partial charge on any atom is -0.294 e. The van der Waals surface area contributed by atoms with E-state index < -0.39 is 0 Å². The maximum Gasteiger partial charge on any atom is 0.194 e. The molecule has 1 atom stereocenters. The number of imidazole rings is 1. The number of hydrogen-bond acceptors (Lipinski definition) is 2. The van der Waals surface area contributed by atoms with Crippen LogP contribution in [0.25, 0.3) is 16.2 Å². The molecule has 0 aliphatic heterocycles. The maximum absolute atomic E-state index is 4.78. The first kappa shape index (κ1) is 15.3. The molecule has 0 aliphatic carbocycles. The van der Waals surface area contributed by atoms with E-state index in [-0.39, 0.29) is 0 Å². The summed E-state index contributed by atoms with van der Waals surface area (Å²) in [6.07, 6.45) is 8.80. The number of rotatable bonds is 7. The largest absolute Gasteiger partial charge is 0.294 e. The lowest BCUT2D eigenvalue weighted by atomic mass is 10.00. The van der Waals surface area contributed by atoms with Crippen molar-refractivity contribution in [2.45, 2.75) is 51.9 Å². The summed E-state index contributed by atoms with van der Waals surface area (Å²) in [5.41, 5.74) is 3.68. The number of aromatic nitrogens is 2. The van der Waals surface area contributed by atoms with Crippen LogP contribution in [0.5, 0.6) is 0 Å². The van der Waals surface area contributed by atoms with Gasteiger partial charge in [-0.2, -0.15) is 0 Å². The van der Waals surface area contributed by atoms with Crippen LogP contribution in [0.3, 0.4) is 0 Å². The first-order chi connectivity index (χ1) is 10.8. The maximum atomic E-state index is 4.78. The zero-order valence-electron chi connectivity index (χ0n) is 13.5. The molecule has 2 heterocycles. The molecule has 22 heavy (non-hydrogen) atoms. The monoisotopic (exact) mass is 312 g/mol. The lowest BCUT2D eigenvalue weighted by Crippen LogP contribution is -1.97. The Balaban J connectivity index is 1.78. The van der Waals surface area contributed by atoms with Gasteiger partial charge >= 0.3 is 0 Å². The highest BCUT2D eigenvalue weighted by atomic mass is 32.1. The van der Waals surface area contributed by atoms with Crippen LogP contribution in [0.1, 0.15) is 57.6 Å². The highest BCUT2D eigenvalue weighted by Crippen LogP contribution is 2.29. The van der Waals surface area contributed by atoms with E-state index in [0.29, 0.717) is 5.92 Å². The molecule has 0 fully saturated rings. The van der Waals surface area contributed by atoms with Gasteiger partial charge in [0.2, 0.25) is 0 Å². The van der Waals surface area contributed by atoms with Crippen molar-refractivity contribution in [3.05, 3.63) is 47.6 Å². The van der Waals surface area contributed by atoms with Crippen LogP contribution in [0.15, 0.2) is 41.9 Å². The van der Waals surface area contributed by atoms with Gasteiger partial charge in [-0.25, -0.2) is 4.98 Å². The minimum absolute atomic E-state index is 0.600. The van der Waals surface area contributed by atoms with Crippen LogP contribution >= 0.6 is 11.3 Å². The third kappa shape index (κ3) is 3.25. The van der Waals surface area contributed by atoms with Gasteiger partial charge in [-0.05, 0) is 12.3 Å². The molecule has 3 heteroatoms. The first-order valence-electron chi connectivity index (χ1n) is 8.31. The Labute approximate surface area is 136 Å². The predicted molar refractivity (Wildman–Crippen MR) is 95.7 cm³/mol. The smallest absolute Gasteiger partial charge is 0.194 e. The van der Waals surface area contributed by atoms with Crippen LogP contribution < -0.4 is 0 Å². The van der Waals surface area contributed by atoms with E-state index in [4.69, 9.17) is 4.98 Å². The number of thiazole rings is 1. The van der Waals surface area contributed by atoms with E-state index in [1.165, 1.54) is 43.4 Å². The van der Waals surface area contributed by atoms with Crippen LogP contribution in [0.4, 0.5) is 0 Å². The molecule has 1 aromatic carbocycles. The third-order valence-corrected chi connectivity index (χ3v) is 5.16. The fraction of sp³-hybridized carbons (Fsp3) is 0.421. The molecule has 3 aromatic rings. The standard InChI is InChI=1S/C19H24N2S/c1-3-4-5-7-10-15(2)18-14-22-19-20-17(13-21(18)19)16-11-8-6-9-12-16/h6,8-9,11-15H,3-5,7,10H2,1-2H3. The molecule has 0 saturated carbocycles. The molecule has 116 valence electrons. The average Bonchev–Trinajstić information content (AvgIpc) is 3.12. The van der Waals surface area contributed by atoms with Crippen LogP contribution in [-0.4, -0.2) is 9.38 Å². The van der Waals surface area contributed by atoms with Gasteiger partial charge in [0.15, 0.2) is 4.96 Å². The van der Waals surface area contributed by atoms with E-state index in [9.17, 15) is 0 Å². The summed E-state index contributed by atoms with van der Waals surface area (Å²) in [7, 11) is 0. The lowest BCUT2D eigenvalue weighted by molar-refractivity contribution is 0.570. The van der Waals surface area contributed by atoms with Crippen molar-refractivity contribution in [2.75, 3.05) is 0 Å². The molecule has 0 amide bonds. The second-order valence-electron chi connectivity index (χ2n) is 6.06. The van der Waals surface area contributed by atoms with E-state index >= 15 is 0 Å². The van der Waals surface area contributed by atoms with Crippen LogP contribution in [-0.2, 0) is 0 Å². The Morgan fingerprint density at radius 1 is 1.14 bits per heavy atom. The molecular formula is C19H24N2S. The Morgan fingerprint density at radius 3 is 2.73 bits per heavy atom. The third-order valence-electron chi connectivity index (χ3n) is 4.30. The van der Waals surface area contributed by atoms with Crippen molar-refractivity contribution in [2.24, 2.45) is 0 Å². The fourth-order valence-corrected chi connectivity index (χ4v) is 3.92. The van der Waals surface area contributed by atoms with Gasteiger partial charge in [0, 0.05) is 22.8 Å². The highest BCUT2D eigenvalue weighted by Gasteiger charge is 2.14. The lowest BCUT2D eigenvalue weighted by Gasteiger charge is -2.10. The summed E-state index contributed by atoms with van der Waals surface area (Å²) in [5.74, 6) is 0.600. The molecule has 0 spiro atoms. The van der Waals surface area contributed by atoms with Gasteiger partial charge in [0.05, 0.1) is 5.69 Å². The van der Waals surface area contributed by atoms with Crippen LogP contribution in [0, 0.1) is 0 Å². The SMILES string of the molecule is CCCCCCC(C)c1csc2nc(-c3ccccc3)cn12. The predicted octanol–water partition coefficient (Wildman–Crippen LogP) is 6.14. The van der Waals surface area contributed by atoms with Gasteiger partial charge in [-0.3, -0.25) is 4.40 Å².